The number of nitrogens with zero attached hydrogens (tertiary/aromatic N) is 1. The predicted molar refractivity (Wildman–Crippen MR) is 203 cm³/mol. The Morgan fingerprint density at radius 2 is 1.12 bits per heavy atom. The molecule has 0 N–H and O–H groups in total. The summed E-state index contributed by atoms with van der Waals surface area (Å²) in [7, 11) is 5.39. The Morgan fingerprint density at radius 1 is 0.620 bits per heavy atom. The zero-order valence-electron chi connectivity index (χ0n) is 32.8. The maximum absolute atomic E-state index is 12.6. The van der Waals surface area contributed by atoms with Crippen molar-refractivity contribution in [1.29, 1.82) is 0 Å². The van der Waals surface area contributed by atoms with Gasteiger partial charge in [0.05, 0.1) is 40.3 Å². The number of esters is 2. The number of quaternary nitrogens is 1. The van der Waals surface area contributed by atoms with Gasteiger partial charge in [0.2, 0.25) is 0 Å². The van der Waals surface area contributed by atoms with Gasteiger partial charge in [-0.3, -0.25) is 9.59 Å². The summed E-state index contributed by atoms with van der Waals surface area (Å²) in [5.74, 6) is -1.76. The van der Waals surface area contributed by atoms with E-state index in [1.165, 1.54) is 64.2 Å². The van der Waals surface area contributed by atoms with Gasteiger partial charge in [0.1, 0.15) is 12.6 Å². The lowest BCUT2D eigenvalue weighted by atomic mass is 10.0. The van der Waals surface area contributed by atoms with E-state index in [1.54, 1.807) is 21.1 Å². The molecule has 0 bridgehead atoms. The smallest absolute Gasteiger partial charge is 0.306 e. The fraction of sp³-hybridized carbons (Fsp3) is 0.786. The molecule has 0 fully saturated rings. The molecule has 290 valence electrons. The summed E-state index contributed by atoms with van der Waals surface area (Å²) in [6.45, 7) is 4.50. The van der Waals surface area contributed by atoms with Crippen LogP contribution < -0.4 is 5.11 Å². The summed E-state index contributed by atoms with van der Waals surface area (Å²) in [5, 5.41) is 11.6. The van der Waals surface area contributed by atoms with Gasteiger partial charge >= 0.3 is 11.9 Å². The first kappa shape index (κ1) is 47.5. The minimum Gasteiger partial charge on any atom is -0.544 e. The third kappa shape index (κ3) is 31.5. The van der Waals surface area contributed by atoms with Crippen LogP contribution in [0.15, 0.2) is 36.5 Å². The number of carbonyl (C=O) groups is 3. The Morgan fingerprint density at radius 3 is 1.64 bits per heavy atom. The molecular weight excluding hydrogens is 630 g/mol. The van der Waals surface area contributed by atoms with E-state index in [2.05, 4.69) is 38.2 Å². The van der Waals surface area contributed by atoms with Gasteiger partial charge in [0.15, 0.2) is 6.10 Å². The monoisotopic (exact) mass is 706 g/mol. The highest BCUT2D eigenvalue weighted by Crippen LogP contribution is 2.14. The van der Waals surface area contributed by atoms with Crippen molar-refractivity contribution in [2.75, 3.05) is 41.0 Å². The number of allylic oxidation sites excluding steroid dienone is 6. The summed E-state index contributed by atoms with van der Waals surface area (Å²) in [6.07, 6.45) is 35.9. The third-order valence-electron chi connectivity index (χ3n) is 8.85. The number of aliphatic carboxylic acids is 1. The molecule has 2 unspecified atom stereocenters. The maximum atomic E-state index is 12.6. The molecule has 2 atom stereocenters. The van der Waals surface area contributed by atoms with Crippen LogP contribution in [0.3, 0.4) is 0 Å². The molecule has 0 aliphatic rings. The molecule has 8 nitrogen and oxygen atoms in total. The second-order valence-corrected chi connectivity index (χ2v) is 14.6. The van der Waals surface area contributed by atoms with Crippen LogP contribution in [0.5, 0.6) is 0 Å². The summed E-state index contributed by atoms with van der Waals surface area (Å²) in [6, 6.07) is -0.727. The summed E-state index contributed by atoms with van der Waals surface area (Å²) >= 11 is 0. The minimum absolute atomic E-state index is 0.0340. The maximum Gasteiger partial charge on any atom is 0.306 e. The van der Waals surface area contributed by atoms with E-state index < -0.39 is 18.1 Å². The van der Waals surface area contributed by atoms with Crippen LogP contribution in [0.4, 0.5) is 0 Å². The number of carbonyl (C=O) groups excluding carboxylic acids is 3. The molecule has 0 radical (unpaired) electrons. The van der Waals surface area contributed by atoms with E-state index in [9.17, 15) is 19.5 Å². The normalized spacial score (nSPS) is 13.4. The first-order valence-corrected chi connectivity index (χ1v) is 20.0. The fourth-order valence-electron chi connectivity index (χ4n) is 5.72. The van der Waals surface area contributed by atoms with Crippen LogP contribution in [0.25, 0.3) is 0 Å². The molecule has 0 spiro atoms. The molecule has 0 aromatic rings. The summed E-state index contributed by atoms with van der Waals surface area (Å²) < 4.78 is 17.1. The SMILES string of the molecule is CC/C=C/C=C/C=C/CCCCCCCC(=O)OC(COCCC(C(=O)[O-])[N+](C)(C)C)COC(=O)CCCCCCCCCCCCCCC. The lowest BCUT2D eigenvalue weighted by Gasteiger charge is -2.34. The van der Waals surface area contributed by atoms with E-state index in [1.807, 2.05) is 12.2 Å². The van der Waals surface area contributed by atoms with E-state index in [-0.39, 0.29) is 42.7 Å². The molecule has 0 saturated heterocycles. The van der Waals surface area contributed by atoms with Crippen LogP contribution >= 0.6 is 0 Å². The van der Waals surface area contributed by atoms with Crippen molar-refractivity contribution in [2.24, 2.45) is 0 Å². The molecule has 50 heavy (non-hydrogen) atoms. The average molecular weight is 706 g/mol. The second-order valence-electron chi connectivity index (χ2n) is 14.6. The van der Waals surface area contributed by atoms with Gasteiger partial charge in [-0.25, -0.2) is 0 Å². The van der Waals surface area contributed by atoms with Crippen LogP contribution in [0.2, 0.25) is 0 Å². The lowest BCUT2D eigenvalue weighted by Crippen LogP contribution is -2.55. The number of rotatable bonds is 35. The van der Waals surface area contributed by atoms with Gasteiger partial charge in [0.25, 0.3) is 0 Å². The van der Waals surface area contributed by atoms with E-state index in [4.69, 9.17) is 14.2 Å². The quantitative estimate of drug-likeness (QED) is 0.0281. The number of carboxylic acid groups (broad SMARTS) is 1. The largest absolute Gasteiger partial charge is 0.544 e. The van der Waals surface area contributed by atoms with Crippen LogP contribution in [0, 0.1) is 0 Å². The van der Waals surface area contributed by atoms with Gasteiger partial charge in [-0.1, -0.05) is 147 Å². The van der Waals surface area contributed by atoms with Crippen molar-refractivity contribution in [3.05, 3.63) is 36.5 Å². The molecule has 0 aromatic carbocycles. The topological polar surface area (TPSA) is 102 Å². The van der Waals surface area contributed by atoms with E-state index >= 15 is 0 Å². The molecule has 0 aliphatic heterocycles. The van der Waals surface area contributed by atoms with Crippen molar-refractivity contribution in [3.63, 3.8) is 0 Å². The first-order chi connectivity index (χ1) is 24.1. The van der Waals surface area contributed by atoms with E-state index in [0.717, 1.165) is 64.2 Å². The molecule has 0 amide bonds. The fourth-order valence-corrected chi connectivity index (χ4v) is 5.72. The molecule has 0 rings (SSSR count). The zero-order chi connectivity index (χ0) is 37.1. The third-order valence-corrected chi connectivity index (χ3v) is 8.85. The van der Waals surface area contributed by atoms with Gasteiger partial charge < -0.3 is 28.6 Å². The molecule has 8 heteroatoms. The summed E-state index contributed by atoms with van der Waals surface area (Å²) in [5.41, 5.74) is 0. The van der Waals surface area contributed by atoms with Gasteiger partial charge in [-0.15, -0.1) is 0 Å². The Balaban J connectivity index is 4.42. The Labute approximate surface area is 306 Å². The van der Waals surface area contributed by atoms with Crippen LogP contribution in [-0.2, 0) is 28.6 Å². The number of hydrogen-bond donors (Lipinski definition) is 0. The molecule has 0 aliphatic carbocycles. The van der Waals surface area contributed by atoms with Crippen molar-refractivity contribution >= 4 is 17.9 Å². The number of carboxylic acids is 1. The Bertz CT molecular complexity index is 922. The standard InChI is InChI=1S/C42H75NO7/c1-6-8-10-12-14-16-18-20-22-24-26-28-30-32-40(44)49-37-38(36-48-35-34-39(42(46)47)43(3,4)5)50-41(45)33-31-29-27-25-23-21-19-17-15-13-11-9-7-2/h9,11,13,15,17,19,38-39H,6-8,10,12,14,16,18,20-37H2,1-5H3/b11-9+,15-13+,19-17+. The zero-order valence-corrected chi connectivity index (χ0v) is 32.8. The molecule has 0 saturated carbocycles. The van der Waals surface area contributed by atoms with Crippen molar-refractivity contribution in [1.82, 2.24) is 0 Å². The first-order valence-electron chi connectivity index (χ1n) is 20.0. The number of ether oxygens (including phenoxy) is 3. The Kier molecular flexibility index (Phi) is 32.0. The van der Waals surface area contributed by atoms with Crippen molar-refractivity contribution in [3.8, 4) is 0 Å². The lowest BCUT2D eigenvalue weighted by molar-refractivity contribution is -0.889. The number of likely N-dealkylation sites (N-methyl/N-ethyl adjacent to an activating group) is 1. The van der Waals surface area contributed by atoms with Crippen LogP contribution in [-0.4, -0.2) is 75.5 Å². The highest BCUT2D eigenvalue weighted by atomic mass is 16.6. The highest BCUT2D eigenvalue weighted by molar-refractivity contribution is 5.70. The van der Waals surface area contributed by atoms with Gasteiger partial charge in [-0.05, 0) is 32.1 Å². The molecule has 0 heterocycles. The molecule has 0 aromatic heterocycles. The Hall–Kier alpha value is -2.45. The van der Waals surface area contributed by atoms with Crippen molar-refractivity contribution in [2.45, 2.75) is 174 Å². The highest BCUT2D eigenvalue weighted by Gasteiger charge is 2.25. The predicted octanol–water partition coefficient (Wildman–Crippen LogP) is 8.96. The van der Waals surface area contributed by atoms with Gasteiger partial charge in [0, 0.05) is 19.3 Å². The summed E-state index contributed by atoms with van der Waals surface area (Å²) in [4.78, 5) is 36.7. The van der Waals surface area contributed by atoms with Gasteiger partial charge in [-0.2, -0.15) is 0 Å². The van der Waals surface area contributed by atoms with Crippen LogP contribution in [0.1, 0.15) is 162 Å². The number of hydrogen-bond acceptors (Lipinski definition) is 7. The van der Waals surface area contributed by atoms with Crippen molar-refractivity contribution < 1.29 is 38.2 Å². The van der Waals surface area contributed by atoms with E-state index in [0.29, 0.717) is 12.8 Å². The number of unbranched alkanes of at least 4 members (excludes halogenated alkanes) is 17. The minimum atomic E-state index is -1.13. The molecular formula is C42H75NO7. The second kappa shape index (κ2) is 33.7. The average Bonchev–Trinajstić information content (AvgIpc) is 3.06.